The Morgan fingerprint density at radius 3 is 2.45 bits per heavy atom. The summed E-state index contributed by atoms with van der Waals surface area (Å²) in [5.74, 6) is -0.532. The smallest absolute Gasteiger partial charge is 0.267 e. The summed E-state index contributed by atoms with van der Waals surface area (Å²) in [5, 5.41) is 39.6. The Morgan fingerprint density at radius 1 is 0.955 bits per heavy atom. The average molecular weight is 911 g/mol. The number of anilines is 2. The fourth-order valence-electron chi connectivity index (χ4n) is 10.2. The van der Waals surface area contributed by atoms with Gasteiger partial charge in [-0.1, -0.05) is 65.0 Å². The number of ether oxygens (including phenoxy) is 2. The Kier molecular flexibility index (Phi) is 13.1. The maximum absolute atomic E-state index is 13.5. The molecule has 4 aliphatic heterocycles. The number of hydrogen-bond acceptors (Lipinski definition) is 11. The summed E-state index contributed by atoms with van der Waals surface area (Å²) >= 11 is 4.69. The zero-order valence-electron chi connectivity index (χ0n) is 38.7. The highest BCUT2D eigenvalue weighted by Gasteiger charge is 2.47. The van der Waals surface area contributed by atoms with Crippen LogP contribution in [0.5, 0.6) is 17.2 Å². The van der Waals surface area contributed by atoms with Crippen LogP contribution in [0.1, 0.15) is 93.7 Å². The first kappa shape index (κ1) is 46.4. The van der Waals surface area contributed by atoms with Gasteiger partial charge in [-0.15, -0.1) is 12.6 Å². The summed E-state index contributed by atoms with van der Waals surface area (Å²) in [6.07, 6.45) is 6.33. The van der Waals surface area contributed by atoms with Crippen molar-refractivity contribution in [2.75, 3.05) is 43.5 Å². The van der Waals surface area contributed by atoms with Crippen molar-refractivity contribution in [1.29, 1.82) is 5.41 Å². The molecule has 0 fully saturated rings. The molecular weight excluding hydrogens is 849 g/mol. The summed E-state index contributed by atoms with van der Waals surface area (Å²) < 4.78 is 12.3. The molecule has 4 aliphatic rings. The van der Waals surface area contributed by atoms with Gasteiger partial charge in [0, 0.05) is 76.3 Å². The van der Waals surface area contributed by atoms with E-state index in [2.05, 4.69) is 104 Å². The number of benzene rings is 4. The van der Waals surface area contributed by atoms with E-state index in [1.807, 2.05) is 6.92 Å². The first-order valence-electron chi connectivity index (χ1n) is 22.9. The lowest BCUT2D eigenvalue weighted by Crippen LogP contribution is -2.42. The first-order valence-corrected chi connectivity index (χ1v) is 23.4. The largest absolute Gasteiger partial charge is 0.508 e. The Bertz CT molecular complexity index is 2680. The molecule has 346 valence electrons. The van der Waals surface area contributed by atoms with Crippen LogP contribution in [0.15, 0.2) is 106 Å². The third-order valence-corrected chi connectivity index (χ3v) is 13.9. The highest BCUT2D eigenvalue weighted by molar-refractivity contribution is 7.80. The second-order valence-electron chi connectivity index (χ2n) is 18.9. The third kappa shape index (κ3) is 9.02. The van der Waals surface area contributed by atoms with E-state index in [4.69, 9.17) is 20.6 Å². The van der Waals surface area contributed by atoms with Gasteiger partial charge < -0.3 is 46.3 Å². The van der Waals surface area contributed by atoms with Crippen LogP contribution >= 0.6 is 12.6 Å². The summed E-state index contributed by atoms with van der Waals surface area (Å²) in [6.45, 7) is 13.3. The number of allylic oxidation sites excluding steroid dienone is 2. The number of rotatable bonds is 12. The van der Waals surface area contributed by atoms with E-state index in [0.717, 1.165) is 42.8 Å². The van der Waals surface area contributed by atoms with Crippen LogP contribution in [-0.2, 0) is 38.0 Å². The van der Waals surface area contributed by atoms with Gasteiger partial charge in [0.25, 0.3) is 5.91 Å². The molecule has 4 heterocycles. The summed E-state index contributed by atoms with van der Waals surface area (Å²) in [5.41, 5.74) is 16.5. The number of aryl methyl sites for hydroxylation is 1. The second kappa shape index (κ2) is 18.6. The van der Waals surface area contributed by atoms with E-state index in [9.17, 15) is 19.8 Å². The van der Waals surface area contributed by atoms with Crippen molar-refractivity contribution in [2.24, 2.45) is 5.73 Å². The van der Waals surface area contributed by atoms with Crippen LogP contribution in [0.2, 0.25) is 0 Å². The number of thiol groups is 1. The fourth-order valence-corrected chi connectivity index (χ4v) is 10.4. The SMILES string of the molecule is CCc1cc(C(=N)/C(=C(\N)C(=O)NCCCNC(=O)Cc2ccc3c(c2)C(C)(C)C2=C4C=C5CC(C)(C)c6cc(S)ccc6NCCC5OC4CCN23)c2ccc(OC)cc2)c(O)cc1O. The van der Waals surface area contributed by atoms with Crippen LogP contribution in [-0.4, -0.2) is 73.2 Å². The van der Waals surface area contributed by atoms with Crippen molar-refractivity contribution in [2.45, 2.75) is 101 Å². The minimum Gasteiger partial charge on any atom is -0.508 e. The quantitative estimate of drug-likeness (QED) is 0.0301. The molecule has 0 spiro atoms. The number of nitrogens with zero attached hydrogens (tertiary/aromatic N) is 1. The molecule has 2 atom stereocenters. The molecule has 4 aromatic rings. The van der Waals surface area contributed by atoms with Crippen LogP contribution in [0.25, 0.3) is 5.57 Å². The summed E-state index contributed by atoms with van der Waals surface area (Å²) in [7, 11) is 1.54. The number of methoxy groups -OCH3 is 1. The molecule has 66 heavy (non-hydrogen) atoms. The van der Waals surface area contributed by atoms with Crippen molar-refractivity contribution in [3.63, 3.8) is 0 Å². The number of carbonyl (C=O) groups excluding carboxylic acids is 2. The van der Waals surface area contributed by atoms with E-state index >= 15 is 0 Å². The number of nitrogens with one attached hydrogen (secondary N) is 4. The van der Waals surface area contributed by atoms with E-state index in [0.29, 0.717) is 36.3 Å². The van der Waals surface area contributed by atoms with Crippen molar-refractivity contribution in [3.05, 3.63) is 135 Å². The Morgan fingerprint density at radius 2 is 1.71 bits per heavy atom. The predicted octanol–water partition coefficient (Wildman–Crippen LogP) is 8.19. The molecule has 0 radical (unpaired) electrons. The molecular formula is C53H62N6O6S. The zero-order chi connectivity index (χ0) is 47.1. The minimum atomic E-state index is -0.597. The number of hydrogen-bond donors (Lipinski definition) is 8. The molecule has 4 aromatic carbocycles. The van der Waals surface area contributed by atoms with E-state index in [1.54, 1.807) is 24.3 Å². The lowest BCUT2D eigenvalue weighted by atomic mass is 9.74. The van der Waals surface area contributed by atoms with Gasteiger partial charge in [-0.05, 0) is 113 Å². The number of fused-ring (bicyclic) bond motifs is 6. The molecule has 13 heteroatoms. The predicted molar refractivity (Wildman–Crippen MR) is 264 cm³/mol. The van der Waals surface area contributed by atoms with Gasteiger partial charge in [0.1, 0.15) is 22.9 Å². The van der Waals surface area contributed by atoms with E-state index in [1.165, 1.54) is 58.6 Å². The average Bonchev–Trinajstić information content (AvgIpc) is 3.54. The van der Waals surface area contributed by atoms with Gasteiger partial charge in [-0.2, -0.15) is 0 Å². The maximum Gasteiger partial charge on any atom is 0.267 e. The lowest BCUT2D eigenvalue weighted by molar-refractivity contribution is -0.120. The maximum atomic E-state index is 13.5. The molecule has 8 N–H and O–H groups in total. The monoisotopic (exact) mass is 910 g/mol. The Hall–Kier alpha value is -6.18. The normalized spacial score (nSPS) is 19.4. The van der Waals surface area contributed by atoms with E-state index < -0.39 is 5.91 Å². The Labute approximate surface area is 393 Å². The number of phenols is 2. The summed E-state index contributed by atoms with van der Waals surface area (Å²) in [4.78, 5) is 30.2. The number of nitrogens with two attached hydrogens (primary N) is 1. The topological polar surface area (TPSA) is 182 Å². The van der Waals surface area contributed by atoms with Crippen molar-refractivity contribution < 1.29 is 29.3 Å². The molecule has 2 amide bonds. The minimum absolute atomic E-state index is 0.0226. The third-order valence-electron chi connectivity index (χ3n) is 13.6. The van der Waals surface area contributed by atoms with Crippen LogP contribution in [0, 0.1) is 5.41 Å². The van der Waals surface area contributed by atoms with Crippen molar-refractivity contribution in [3.8, 4) is 17.2 Å². The van der Waals surface area contributed by atoms with Gasteiger partial charge in [-0.25, -0.2) is 0 Å². The second-order valence-corrected chi connectivity index (χ2v) is 19.5. The summed E-state index contributed by atoms with van der Waals surface area (Å²) in [6, 6.07) is 22.3. The number of amides is 2. The molecule has 0 aromatic heterocycles. The molecule has 0 aliphatic carbocycles. The highest BCUT2D eigenvalue weighted by atomic mass is 32.1. The molecule has 0 saturated carbocycles. The van der Waals surface area contributed by atoms with Crippen LogP contribution in [0.4, 0.5) is 11.4 Å². The number of phenolic OH excluding ortho intramolecular Hbond substituents is 2. The van der Waals surface area contributed by atoms with Gasteiger partial charge in [0.05, 0.1) is 31.5 Å². The molecule has 12 nitrogen and oxygen atoms in total. The van der Waals surface area contributed by atoms with Gasteiger partial charge in [-0.3, -0.25) is 15.0 Å². The Balaban J connectivity index is 0.924. The van der Waals surface area contributed by atoms with Gasteiger partial charge in [0.2, 0.25) is 5.91 Å². The van der Waals surface area contributed by atoms with E-state index in [-0.39, 0.29) is 76.0 Å². The standard InChI is InChI=1S/C53H62N6O6S/c1-7-31-25-36(43(61)28-42(31)60)48(54)47(32-10-12-34(64-6)13-11-32)49(55)51(63)58-20-8-19-57-46(62)24-30-9-16-41-39(23-30)53(4,5)50-37-26-33-29-52(2,3)38-27-35(66)14-15-40(38)56-21-17-44(33)65-45(37)18-22-59(41)50/h9-16,23,25-28,44-45,54,56,60-61,66H,7-8,17-22,24,29,55H2,1-6H3,(H,57,62)(H,58,63)/b49-47-,54-48?. The fraction of sp³-hybridized carbons (Fsp3) is 0.377. The molecule has 2 unspecified atom stereocenters. The van der Waals surface area contributed by atoms with Crippen LogP contribution < -0.4 is 31.3 Å². The zero-order valence-corrected chi connectivity index (χ0v) is 39.6. The molecule has 0 saturated heterocycles. The van der Waals surface area contributed by atoms with Crippen molar-refractivity contribution in [1.82, 2.24) is 10.6 Å². The first-order chi connectivity index (χ1) is 31.5. The lowest BCUT2D eigenvalue weighted by Gasteiger charge is -2.42. The van der Waals surface area contributed by atoms with Crippen molar-refractivity contribution >= 4 is 47.1 Å². The number of carbonyl (C=O) groups is 2. The van der Waals surface area contributed by atoms with Gasteiger partial charge in [0.15, 0.2) is 0 Å². The number of aromatic hydroxyl groups is 2. The van der Waals surface area contributed by atoms with Gasteiger partial charge >= 0.3 is 0 Å². The highest BCUT2D eigenvalue weighted by Crippen LogP contribution is 2.53. The molecule has 8 rings (SSSR count). The molecule has 0 bridgehead atoms. The van der Waals surface area contributed by atoms with Crippen LogP contribution in [0.3, 0.4) is 0 Å².